The zero-order chi connectivity index (χ0) is 23.1. The molecule has 5 heteroatoms. The second-order valence-electron chi connectivity index (χ2n) is 7.88. The van der Waals surface area contributed by atoms with Gasteiger partial charge in [-0.2, -0.15) is 10.4 Å². The first kappa shape index (κ1) is 22.8. The highest BCUT2D eigenvalue weighted by Crippen LogP contribution is 2.17. The lowest BCUT2D eigenvalue weighted by Crippen LogP contribution is -2.29. The summed E-state index contributed by atoms with van der Waals surface area (Å²) in [4.78, 5) is 14.6. The maximum Gasteiger partial charge on any atom is 0.247 e. The molecular formula is C27H28N4O. The summed E-state index contributed by atoms with van der Waals surface area (Å²) < 4.78 is 1.97. The molecule has 0 atom stereocenters. The molecule has 0 aliphatic rings. The van der Waals surface area contributed by atoms with Crippen LogP contribution in [0.1, 0.15) is 39.2 Å². The van der Waals surface area contributed by atoms with Gasteiger partial charge in [-0.1, -0.05) is 48.0 Å². The fourth-order valence-corrected chi connectivity index (χ4v) is 3.53. The number of rotatable bonds is 8. The number of hydrogen-bond donors (Lipinski definition) is 0. The lowest BCUT2D eigenvalue weighted by Gasteiger charge is -2.19. The second-order valence-corrected chi connectivity index (χ2v) is 7.88. The predicted octanol–water partition coefficient (Wildman–Crippen LogP) is 4.96. The van der Waals surface area contributed by atoms with Gasteiger partial charge in [-0.25, -0.2) is 0 Å². The van der Waals surface area contributed by atoms with Gasteiger partial charge in [-0.3, -0.25) is 9.48 Å². The summed E-state index contributed by atoms with van der Waals surface area (Å²) in [5.41, 5.74) is 6.86. The zero-order valence-corrected chi connectivity index (χ0v) is 18.9. The molecule has 0 radical (unpaired) electrons. The average Bonchev–Trinajstić information content (AvgIpc) is 3.06. The van der Waals surface area contributed by atoms with Gasteiger partial charge in [0.05, 0.1) is 23.9 Å². The number of benzene rings is 2. The highest BCUT2D eigenvalue weighted by molar-refractivity contribution is 5.92. The number of amides is 1. The van der Waals surface area contributed by atoms with Gasteiger partial charge in [0, 0.05) is 30.4 Å². The number of aromatic nitrogens is 2. The van der Waals surface area contributed by atoms with Crippen LogP contribution in [0.4, 0.5) is 0 Å². The quantitative estimate of drug-likeness (QED) is 0.379. The van der Waals surface area contributed by atoms with Crippen molar-refractivity contribution in [3.05, 3.63) is 106 Å². The summed E-state index contributed by atoms with van der Waals surface area (Å²) in [5, 5.41) is 13.6. The number of carbonyl (C=O) groups is 1. The van der Waals surface area contributed by atoms with Crippen LogP contribution in [0.3, 0.4) is 0 Å². The van der Waals surface area contributed by atoms with Gasteiger partial charge in [-0.05, 0) is 50.1 Å². The molecule has 0 N–H and O–H groups in total. The smallest absolute Gasteiger partial charge is 0.247 e. The molecule has 162 valence electrons. The van der Waals surface area contributed by atoms with Crippen LogP contribution < -0.4 is 0 Å². The molecule has 1 heterocycles. The first-order chi connectivity index (χ1) is 15.4. The molecule has 5 nitrogen and oxygen atoms in total. The summed E-state index contributed by atoms with van der Waals surface area (Å²) in [7, 11) is 0. The van der Waals surface area contributed by atoms with Crippen molar-refractivity contribution in [3.8, 4) is 6.07 Å². The van der Waals surface area contributed by atoms with E-state index >= 15 is 0 Å². The minimum absolute atomic E-state index is 0.0978. The Morgan fingerprint density at radius 3 is 2.38 bits per heavy atom. The van der Waals surface area contributed by atoms with E-state index in [1.165, 1.54) is 11.1 Å². The maximum atomic E-state index is 12.9. The Morgan fingerprint density at radius 1 is 1.09 bits per heavy atom. The molecular weight excluding hydrogens is 396 g/mol. The first-order valence-corrected chi connectivity index (χ1v) is 10.6. The lowest BCUT2D eigenvalue weighted by molar-refractivity contribution is -0.126. The van der Waals surface area contributed by atoms with E-state index in [1.54, 1.807) is 29.2 Å². The van der Waals surface area contributed by atoms with Crippen LogP contribution in [0.2, 0.25) is 0 Å². The van der Waals surface area contributed by atoms with Crippen LogP contribution in [-0.4, -0.2) is 27.1 Å². The van der Waals surface area contributed by atoms with Gasteiger partial charge >= 0.3 is 0 Å². The van der Waals surface area contributed by atoms with Gasteiger partial charge in [0.15, 0.2) is 0 Å². The van der Waals surface area contributed by atoms with Crippen molar-refractivity contribution in [2.45, 2.75) is 33.9 Å². The number of aryl methyl sites for hydroxylation is 2. The van der Waals surface area contributed by atoms with Crippen molar-refractivity contribution in [1.29, 1.82) is 5.26 Å². The SMILES string of the molecule is C=CCN(Cc1ccc(C#N)cc1)C(=O)/C=C/c1c(C)nn(Cc2ccc(C)cc2)c1C. The van der Waals surface area contributed by atoms with Crippen LogP contribution in [0.15, 0.2) is 67.3 Å². The van der Waals surface area contributed by atoms with Crippen LogP contribution in [-0.2, 0) is 17.9 Å². The minimum Gasteiger partial charge on any atom is -0.331 e. The van der Waals surface area contributed by atoms with Crippen LogP contribution >= 0.6 is 0 Å². The fourth-order valence-electron chi connectivity index (χ4n) is 3.53. The van der Waals surface area contributed by atoms with Gasteiger partial charge < -0.3 is 4.90 Å². The van der Waals surface area contributed by atoms with Crippen LogP contribution in [0, 0.1) is 32.1 Å². The van der Waals surface area contributed by atoms with Crippen molar-refractivity contribution in [2.75, 3.05) is 6.54 Å². The molecule has 0 aliphatic carbocycles. The Labute approximate surface area is 189 Å². The molecule has 0 aliphatic heterocycles. The number of carbonyl (C=O) groups excluding carboxylic acids is 1. The third-order valence-electron chi connectivity index (χ3n) is 5.40. The molecule has 3 rings (SSSR count). The van der Waals surface area contributed by atoms with E-state index in [9.17, 15) is 4.79 Å². The topological polar surface area (TPSA) is 61.9 Å². The predicted molar refractivity (Wildman–Crippen MR) is 128 cm³/mol. The molecule has 0 saturated heterocycles. The van der Waals surface area contributed by atoms with Crippen molar-refractivity contribution in [2.24, 2.45) is 0 Å². The summed E-state index contributed by atoms with van der Waals surface area (Å²) in [6, 6.07) is 17.8. The summed E-state index contributed by atoms with van der Waals surface area (Å²) >= 11 is 0. The Bertz CT molecular complexity index is 1160. The van der Waals surface area contributed by atoms with Crippen molar-refractivity contribution in [3.63, 3.8) is 0 Å². The largest absolute Gasteiger partial charge is 0.331 e. The number of nitrogens with zero attached hydrogens (tertiary/aromatic N) is 4. The van der Waals surface area contributed by atoms with E-state index < -0.39 is 0 Å². The molecule has 1 aromatic heterocycles. The van der Waals surface area contributed by atoms with E-state index in [0.717, 1.165) is 22.5 Å². The van der Waals surface area contributed by atoms with Crippen molar-refractivity contribution in [1.82, 2.24) is 14.7 Å². The molecule has 0 bridgehead atoms. The van der Waals surface area contributed by atoms with E-state index in [2.05, 4.69) is 48.9 Å². The molecule has 0 saturated carbocycles. The van der Waals surface area contributed by atoms with E-state index in [0.29, 0.717) is 25.2 Å². The Morgan fingerprint density at radius 2 is 1.75 bits per heavy atom. The van der Waals surface area contributed by atoms with Crippen LogP contribution in [0.5, 0.6) is 0 Å². The van der Waals surface area contributed by atoms with Crippen LogP contribution in [0.25, 0.3) is 6.08 Å². The highest BCUT2D eigenvalue weighted by Gasteiger charge is 2.13. The summed E-state index contributed by atoms with van der Waals surface area (Å²) in [6.45, 7) is 11.4. The number of hydrogen-bond acceptors (Lipinski definition) is 3. The molecule has 0 unspecified atom stereocenters. The third kappa shape index (κ3) is 5.61. The standard InChI is InChI=1S/C27H28N4O/c1-5-16-30(18-24-12-10-23(17-28)11-13-24)27(32)15-14-26-21(3)29-31(22(26)4)19-25-8-6-20(2)7-9-25/h5-15H,1,16,18-19H2,2-4H3/b15-14+. The highest BCUT2D eigenvalue weighted by atomic mass is 16.2. The monoisotopic (exact) mass is 424 g/mol. The summed E-state index contributed by atoms with van der Waals surface area (Å²) in [5.74, 6) is -0.0978. The molecule has 3 aromatic rings. The van der Waals surface area contributed by atoms with Crippen molar-refractivity contribution >= 4 is 12.0 Å². The summed E-state index contributed by atoms with van der Waals surface area (Å²) in [6.07, 6.45) is 5.16. The molecule has 2 aromatic carbocycles. The van der Waals surface area contributed by atoms with Crippen molar-refractivity contribution < 1.29 is 4.79 Å². The zero-order valence-electron chi connectivity index (χ0n) is 18.9. The lowest BCUT2D eigenvalue weighted by atomic mass is 10.1. The minimum atomic E-state index is -0.0978. The first-order valence-electron chi connectivity index (χ1n) is 10.6. The molecule has 1 amide bonds. The Balaban J connectivity index is 1.74. The molecule has 32 heavy (non-hydrogen) atoms. The Hall–Kier alpha value is -3.91. The maximum absolute atomic E-state index is 12.9. The van der Waals surface area contributed by atoms with Gasteiger partial charge in [-0.15, -0.1) is 6.58 Å². The molecule has 0 fully saturated rings. The van der Waals surface area contributed by atoms with E-state index in [4.69, 9.17) is 5.26 Å². The number of nitriles is 1. The average molecular weight is 425 g/mol. The van der Waals surface area contributed by atoms with Gasteiger partial charge in [0.1, 0.15) is 0 Å². The van der Waals surface area contributed by atoms with E-state index in [1.807, 2.05) is 36.7 Å². The van der Waals surface area contributed by atoms with Gasteiger partial charge in [0.2, 0.25) is 5.91 Å². The van der Waals surface area contributed by atoms with Gasteiger partial charge in [0.25, 0.3) is 0 Å². The second kappa shape index (κ2) is 10.4. The normalized spacial score (nSPS) is 10.8. The van der Waals surface area contributed by atoms with E-state index in [-0.39, 0.29) is 5.91 Å². The third-order valence-corrected chi connectivity index (χ3v) is 5.40. The fraction of sp³-hybridized carbons (Fsp3) is 0.222. The Kier molecular flexibility index (Phi) is 7.41. The molecule has 0 spiro atoms.